The summed E-state index contributed by atoms with van der Waals surface area (Å²) in [7, 11) is 0. The molecule has 0 saturated heterocycles. The summed E-state index contributed by atoms with van der Waals surface area (Å²) in [5.74, 6) is 0. The van der Waals surface area contributed by atoms with Crippen LogP contribution in [0.25, 0.3) is 0 Å². The predicted molar refractivity (Wildman–Crippen MR) is 56.2 cm³/mol. The van der Waals surface area contributed by atoms with Crippen molar-refractivity contribution in [2.75, 3.05) is 0 Å². The molecule has 1 aliphatic rings. The summed E-state index contributed by atoms with van der Waals surface area (Å²) in [5.41, 5.74) is 4.89. The topological polar surface area (TPSA) is 46.2 Å². The first-order chi connectivity index (χ1) is 4.46. The summed E-state index contributed by atoms with van der Waals surface area (Å²) in [5, 5.41) is 9.78. The van der Waals surface area contributed by atoms with Crippen molar-refractivity contribution in [3.8, 4) is 0 Å². The average molecular weight is 216 g/mol. The molecule has 1 fully saturated rings. The Labute approximate surface area is 86.7 Å². The molecular weight excluding hydrogens is 197 g/mol. The van der Waals surface area contributed by atoms with Crippen molar-refractivity contribution in [1.29, 1.82) is 0 Å². The number of hydrogen-bond donors (Lipinski definition) is 2. The third-order valence-corrected chi connectivity index (χ3v) is 2.84. The van der Waals surface area contributed by atoms with E-state index in [9.17, 15) is 5.11 Å². The molecule has 1 aliphatic carbocycles. The van der Waals surface area contributed by atoms with Gasteiger partial charge in [-0.3, -0.25) is 0 Å². The van der Waals surface area contributed by atoms with Gasteiger partial charge in [-0.1, -0.05) is 12.8 Å². The fraction of sp³-hybridized carbons (Fsp3) is 1.00. The monoisotopic (exact) mass is 215 g/mol. The van der Waals surface area contributed by atoms with E-state index in [1.54, 1.807) is 0 Å². The van der Waals surface area contributed by atoms with Crippen molar-refractivity contribution in [3.05, 3.63) is 0 Å². The van der Waals surface area contributed by atoms with E-state index in [2.05, 4.69) is 0 Å². The molecular formula is C8H19Cl2NO. The normalized spacial score (nSPS) is 41.0. The molecule has 4 heteroatoms. The number of nitrogens with two attached hydrogens (primary N) is 1. The Morgan fingerprint density at radius 2 is 1.50 bits per heavy atom. The van der Waals surface area contributed by atoms with E-state index in [0.29, 0.717) is 0 Å². The Morgan fingerprint density at radius 3 is 1.75 bits per heavy atom. The first-order valence-electron chi connectivity index (χ1n) is 3.97. The van der Waals surface area contributed by atoms with Gasteiger partial charge in [0.25, 0.3) is 0 Å². The molecule has 0 amide bonds. The largest absolute Gasteiger partial charge is 0.388 e. The van der Waals surface area contributed by atoms with E-state index in [1.165, 1.54) is 0 Å². The highest BCUT2D eigenvalue weighted by Crippen LogP contribution is 2.34. The van der Waals surface area contributed by atoms with E-state index in [0.717, 1.165) is 25.7 Å². The maximum Gasteiger partial charge on any atom is 0.0795 e. The first kappa shape index (κ1) is 15.0. The fourth-order valence-corrected chi connectivity index (χ4v) is 1.52. The zero-order chi connectivity index (χ0) is 7.83. The standard InChI is InChI=1S/C8H17NO.2ClH/c1-7(9)5-3-4-6-8(7,2)10;;/h10H,3-6,9H2,1-2H3;2*1H. The Balaban J connectivity index is 0. The molecule has 0 spiro atoms. The predicted octanol–water partition coefficient (Wildman–Crippen LogP) is 1.87. The van der Waals surface area contributed by atoms with E-state index in [1.807, 2.05) is 13.8 Å². The van der Waals surface area contributed by atoms with Gasteiger partial charge in [-0.2, -0.15) is 0 Å². The molecule has 2 nitrogen and oxygen atoms in total. The lowest BCUT2D eigenvalue weighted by molar-refractivity contribution is -0.0416. The van der Waals surface area contributed by atoms with Crippen molar-refractivity contribution < 1.29 is 5.11 Å². The van der Waals surface area contributed by atoms with Crippen molar-refractivity contribution in [3.63, 3.8) is 0 Å². The number of aliphatic hydroxyl groups is 1. The van der Waals surface area contributed by atoms with Crippen LogP contribution in [0.1, 0.15) is 39.5 Å². The van der Waals surface area contributed by atoms with Gasteiger partial charge in [0.05, 0.1) is 5.60 Å². The minimum absolute atomic E-state index is 0. The van der Waals surface area contributed by atoms with E-state index in [-0.39, 0.29) is 30.4 Å². The Morgan fingerprint density at radius 1 is 1.08 bits per heavy atom. The summed E-state index contributed by atoms with van der Waals surface area (Å²) in [6.45, 7) is 3.78. The van der Waals surface area contributed by atoms with Crippen molar-refractivity contribution in [2.45, 2.75) is 50.7 Å². The van der Waals surface area contributed by atoms with Crippen LogP contribution in [0.2, 0.25) is 0 Å². The van der Waals surface area contributed by atoms with Crippen LogP contribution in [0.4, 0.5) is 0 Å². The van der Waals surface area contributed by atoms with E-state index < -0.39 is 5.60 Å². The molecule has 0 bridgehead atoms. The number of halogens is 2. The van der Waals surface area contributed by atoms with Gasteiger partial charge >= 0.3 is 0 Å². The molecule has 76 valence electrons. The average Bonchev–Trinajstić information content (AvgIpc) is 1.77. The second-order valence-corrected chi connectivity index (χ2v) is 3.90. The van der Waals surface area contributed by atoms with Crippen molar-refractivity contribution >= 4 is 24.8 Å². The van der Waals surface area contributed by atoms with Crippen LogP contribution < -0.4 is 5.73 Å². The minimum atomic E-state index is -0.648. The minimum Gasteiger partial charge on any atom is -0.388 e. The van der Waals surface area contributed by atoms with Gasteiger partial charge in [0.1, 0.15) is 0 Å². The lowest BCUT2D eigenvalue weighted by Crippen LogP contribution is -2.58. The van der Waals surface area contributed by atoms with Crippen LogP contribution in [0.3, 0.4) is 0 Å². The zero-order valence-corrected chi connectivity index (χ0v) is 9.30. The van der Waals surface area contributed by atoms with Crippen LogP contribution in [0.15, 0.2) is 0 Å². The molecule has 2 atom stereocenters. The highest BCUT2D eigenvalue weighted by Gasteiger charge is 2.41. The second kappa shape index (κ2) is 4.66. The molecule has 2 unspecified atom stereocenters. The second-order valence-electron chi connectivity index (χ2n) is 3.90. The first-order valence-corrected chi connectivity index (χ1v) is 3.97. The molecule has 0 heterocycles. The molecule has 12 heavy (non-hydrogen) atoms. The summed E-state index contributed by atoms with van der Waals surface area (Å²) in [6.07, 6.45) is 4.06. The molecule has 0 aromatic heterocycles. The summed E-state index contributed by atoms with van der Waals surface area (Å²) < 4.78 is 0. The zero-order valence-electron chi connectivity index (χ0n) is 7.67. The van der Waals surface area contributed by atoms with Crippen LogP contribution in [-0.4, -0.2) is 16.2 Å². The molecule has 1 saturated carbocycles. The molecule has 3 N–H and O–H groups in total. The van der Waals surface area contributed by atoms with Crippen LogP contribution in [0, 0.1) is 0 Å². The van der Waals surface area contributed by atoms with Crippen molar-refractivity contribution in [2.24, 2.45) is 5.73 Å². The van der Waals surface area contributed by atoms with Crippen molar-refractivity contribution in [1.82, 2.24) is 0 Å². The third kappa shape index (κ3) is 2.77. The molecule has 0 aromatic rings. The summed E-state index contributed by atoms with van der Waals surface area (Å²) in [6, 6.07) is 0. The van der Waals surface area contributed by atoms with Gasteiger partial charge in [-0.25, -0.2) is 0 Å². The van der Waals surface area contributed by atoms with Crippen LogP contribution in [-0.2, 0) is 0 Å². The van der Waals surface area contributed by atoms with Gasteiger partial charge in [0.2, 0.25) is 0 Å². The Bertz CT molecular complexity index is 121. The Hall–Kier alpha value is 0.500. The van der Waals surface area contributed by atoms with E-state index in [4.69, 9.17) is 5.73 Å². The van der Waals surface area contributed by atoms with Crippen LogP contribution in [0.5, 0.6) is 0 Å². The van der Waals surface area contributed by atoms with Gasteiger partial charge in [-0.15, -0.1) is 24.8 Å². The molecule has 0 aromatic carbocycles. The summed E-state index contributed by atoms with van der Waals surface area (Å²) in [4.78, 5) is 0. The maximum absolute atomic E-state index is 9.78. The van der Waals surface area contributed by atoms with Gasteiger partial charge in [0.15, 0.2) is 0 Å². The fourth-order valence-electron chi connectivity index (χ4n) is 1.52. The quantitative estimate of drug-likeness (QED) is 0.649. The Kier molecular flexibility index (Phi) is 5.82. The lowest BCUT2D eigenvalue weighted by atomic mass is 9.72. The molecule has 1 rings (SSSR count). The number of hydrogen-bond acceptors (Lipinski definition) is 2. The van der Waals surface area contributed by atoms with Gasteiger partial charge < -0.3 is 10.8 Å². The number of rotatable bonds is 0. The molecule has 0 aliphatic heterocycles. The van der Waals surface area contributed by atoms with Gasteiger partial charge in [0, 0.05) is 5.54 Å². The van der Waals surface area contributed by atoms with Crippen LogP contribution >= 0.6 is 24.8 Å². The van der Waals surface area contributed by atoms with E-state index >= 15 is 0 Å². The lowest BCUT2D eigenvalue weighted by Gasteiger charge is -2.43. The maximum atomic E-state index is 9.78. The molecule has 0 radical (unpaired) electrons. The SMILES string of the molecule is CC1(N)CCCCC1(C)O.Cl.Cl. The highest BCUT2D eigenvalue weighted by atomic mass is 35.5. The third-order valence-electron chi connectivity index (χ3n) is 2.84. The summed E-state index contributed by atoms with van der Waals surface area (Å²) >= 11 is 0. The highest BCUT2D eigenvalue weighted by molar-refractivity contribution is 5.85. The van der Waals surface area contributed by atoms with Gasteiger partial charge in [-0.05, 0) is 26.7 Å². The smallest absolute Gasteiger partial charge is 0.0795 e.